The predicted octanol–water partition coefficient (Wildman–Crippen LogP) is 11.4. The highest BCUT2D eigenvalue weighted by atomic mass is 15.0. The molecule has 0 bridgehead atoms. The van der Waals surface area contributed by atoms with Gasteiger partial charge in [-0.2, -0.15) is 0 Å². The molecule has 2 heterocycles. The molecule has 0 fully saturated rings. The second-order valence-corrected chi connectivity index (χ2v) is 13.7. The van der Waals surface area contributed by atoms with Crippen molar-refractivity contribution in [2.45, 2.75) is 19.3 Å². The highest BCUT2D eigenvalue weighted by Gasteiger charge is 2.35. The highest BCUT2D eigenvalue weighted by Crippen LogP contribution is 2.50. The zero-order valence-electron chi connectivity index (χ0n) is 27.8. The Morgan fingerprint density at radius 3 is 1.92 bits per heavy atom. The molecular formula is C46H32N4. The maximum absolute atomic E-state index is 5.24. The predicted molar refractivity (Wildman–Crippen MR) is 206 cm³/mol. The topological polar surface area (TPSA) is 43.6 Å². The van der Waals surface area contributed by atoms with Crippen molar-refractivity contribution in [1.29, 1.82) is 0 Å². The van der Waals surface area contributed by atoms with Gasteiger partial charge >= 0.3 is 0 Å². The van der Waals surface area contributed by atoms with Gasteiger partial charge in [0.05, 0.1) is 11.0 Å². The lowest BCUT2D eigenvalue weighted by molar-refractivity contribution is 0.661. The lowest BCUT2D eigenvalue weighted by Gasteiger charge is -2.21. The van der Waals surface area contributed by atoms with Gasteiger partial charge in [-0.25, -0.2) is 15.0 Å². The fourth-order valence-electron chi connectivity index (χ4n) is 7.98. The summed E-state index contributed by atoms with van der Waals surface area (Å²) in [6.07, 6.45) is 0. The molecule has 0 spiro atoms. The number of hydrogen-bond acceptors (Lipinski definition) is 3. The van der Waals surface area contributed by atoms with E-state index in [9.17, 15) is 0 Å². The Bertz CT molecular complexity index is 2780. The highest BCUT2D eigenvalue weighted by molar-refractivity contribution is 6.10. The normalized spacial score (nSPS) is 13.2. The standard InChI is InChI=1S/C46H32N4/c1-46(2)39-22-11-9-19-33(39)37-28-36-30(27-40(37)46)16-13-21-35(36)45-48-43(29-14-5-3-6-15-29)47-44(49-45)31-24-25-42-38(26-31)34-20-10-12-23-41(34)50(42)32-17-7-4-8-18-32/h3-28H,1-2H3. The van der Waals surface area contributed by atoms with Crippen molar-refractivity contribution in [2.24, 2.45) is 0 Å². The first-order valence-electron chi connectivity index (χ1n) is 17.1. The van der Waals surface area contributed by atoms with E-state index < -0.39 is 0 Å². The van der Waals surface area contributed by atoms with Gasteiger partial charge in [0, 0.05) is 38.6 Å². The van der Waals surface area contributed by atoms with Gasteiger partial charge in [-0.1, -0.05) is 123 Å². The van der Waals surface area contributed by atoms with E-state index in [1.165, 1.54) is 38.5 Å². The summed E-state index contributed by atoms with van der Waals surface area (Å²) in [5, 5.41) is 4.67. The van der Waals surface area contributed by atoms with Crippen molar-refractivity contribution in [3.63, 3.8) is 0 Å². The quantitative estimate of drug-likeness (QED) is 0.192. The Hall–Kier alpha value is -6.39. The van der Waals surface area contributed by atoms with Crippen LogP contribution in [0.2, 0.25) is 0 Å². The number of para-hydroxylation sites is 2. The summed E-state index contributed by atoms with van der Waals surface area (Å²) >= 11 is 0. The smallest absolute Gasteiger partial charge is 0.164 e. The Labute approximate surface area is 290 Å². The Kier molecular flexibility index (Phi) is 6.19. The van der Waals surface area contributed by atoms with Crippen molar-refractivity contribution >= 4 is 32.6 Å². The van der Waals surface area contributed by atoms with Crippen molar-refractivity contribution in [3.05, 3.63) is 169 Å². The number of nitrogens with zero attached hydrogens (tertiary/aromatic N) is 4. The zero-order chi connectivity index (χ0) is 33.4. The van der Waals surface area contributed by atoms with Crippen LogP contribution in [0.1, 0.15) is 25.0 Å². The molecule has 0 radical (unpaired) electrons. The molecule has 4 nitrogen and oxygen atoms in total. The van der Waals surface area contributed by atoms with E-state index in [4.69, 9.17) is 15.0 Å². The Morgan fingerprint density at radius 2 is 1.08 bits per heavy atom. The molecule has 50 heavy (non-hydrogen) atoms. The van der Waals surface area contributed by atoms with Crippen molar-refractivity contribution < 1.29 is 0 Å². The number of aromatic nitrogens is 4. The maximum Gasteiger partial charge on any atom is 0.164 e. The fraction of sp³-hybridized carbons (Fsp3) is 0.0652. The van der Waals surface area contributed by atoms with Crippen LogP contribution in [-0.2, 0) is 5.41 Å². The van der Waals surface area contributed by atoms with Crippen LogP contribution in [0.25, 0.3) is 83.6 Å². The molecule has 236 valence electrons. The molecule has 0 aliphatic heterocycles. The first-order valence-corrected chi connectivity index (χ1v) is 17.1. The maximum atomic E-state index is 5.24. The number of fused-ring (bicyclic) bond motifs is 7. The molecule has 0 amide bonds. The van der Waals surface area contributed by atoms with Crippen molar-refractivity contribution in [3.8, 4) is 51.0 Å². The van der Waals surface area contributed by atoms with Crippen LogP contribution < -0.4 is 0 Å². The van der Waals surface area contributed by atoms with E-state index >= 15 is 0 Å². The minimum absolute atomic E-state index is 0.0702. The van der Waals surface area contributed by atoms with Crippen LogP contribution in [0.15, 0.2) is 158 Å². The third-order valence-electron chi connectivity index (χ3n) is 10.4. The van der Waals surface area contributed by atoms with Gasteiger partial charge in [0.1, 0.15) is 0 Å². The van der Waals surface area contributed by atoms with Gasteiger partial charge in [0.25, 0.3) is 0 Å². The molecule has 4 heteroatoms. The van der Waals surface area contributed by atoms with Gasteiger partial charge in [0.15, 0.2) is 17.5 Å². The van der Waals surface area contributed by atoms with E-state index in [1.807, 2.05) is 18.2 Å². The SMILES string of the molecule is CC1(C)c2ccccc2-c2cc3c(-c4nc(-c5ccccc5)nc(-c5ccc6c(c5)c5ccccc5n6-c5ccccc5)n4)cccc3cc21. The first kappa shape index (κ1) is 28.6. The molecule has 0 saturated heterocycles. The fourth-order valence-corrected chi connectivity index (χ4v) is 7.98. The zero-order valence-corrected chi connectivity index (χ0v) is 27.8. The number of hydrogen-bond donors (Lipinski definition) is 0. The summed E-state index contributed by atoms with van der Waals surface area (Å²) in [5.41, 5.74) is 11.6. The van der Waals surface area contributed by atoms with Gasteiger partial charge in [-0.3, -0.25) is 0 Å². The van der Waals surface area contributed by atoms with Crippen LogP contribution >= 0.6 is 0 Å². The molecule has 9 aromatic rings. The second kappa shape index (κ2) is 10.8. The summed E-state index contributed by atoms with van der Waals surface area (Å²) in [7, 11) is 0. The third kappa shape index (κ3) is 4.28. The molecule has 1 aliphatic rings. The molecule has 1 aliphatic carbocycles. The summed E-state index contributed by atoms with van der Waals surface area (Å²) in [4.78, 5) is 15.5. The van der Waals surface area contributed by atoms with Crippen LogP contribution in [-0.4, -0.2) is 19.5 Å². The third-order valence-corrected chi connectivity index (χ3v) is 10.4. The van der Waals surface area contributed by atoms with Gasteiger partial charge < -0.3 is 4.57 Å². The summed E-state index contributed by atoms with van der Waals surface area (Å²) in [6, 6.07) is 55.9. The van der Waals surface area contributed by atoms with Gasteiger partial charge in [0.2, 0.25) is 0 Å². The summed E-state index contributed by atoms with van der Waals surface area (Å²) < 4.78 is 2.33. The Morgan fingerprint density at radius 1 is 0.420 bits per heavy atom. The van der Waals surface area contributed by atoms with E-state index in [2.05, 4.69) is 158 Å². The average molecular weight is 641 g/mol. The van der Waals surface area contributed by atoms with E-state index in [1.54, 1.807) is 0 Å². The molecule has 2 aromatic heterocycles. The minimum atomic E-state index is -0.0702. The Balaban J connectivity index is 1.20. The molecule has 0 saturated carbocycles. The summed E-state index contributed by atoms with van der Waals surface area (Å²) in [5.74, 6) is 1.97. The van der Waals surface area contributed by atoms with Gasteiger partial charge in [-0.15, -0.1) is 0 Å². The molecular weight excluding hydrogens is 609 g/mol. The second-order valence-electron chi connectivity index (χ2n) is 13.7. The monoisotopic (exact) mass is 640 g/mol. The van der Waals surface area contributed by atoms with Gasteiger partial charge in [-0.05, 0) is 81.6 Å². The molecule has 7 aromatic carbocycles. The molecule has 10 rings (SSSR count). The van der Waals surface area contributed by atoms with E-state index in [0.717, 1.165) is 38.7 Å². The number of rotatable bonds is 4. The van der Waals surface area contributed by atoms with Crippen molar-refractivity contribution in [2.75, 3.05) is 0 Å². The molecule has 0 unspecified atom stereocenters. The summed E-state index contributed by atoms with van der Waals surface area (Å²) in [6.45, 7) is 4.65. The average Bonchev–Trinajstić information content (AvgIpc) is 3.62. The van der Waals surface area contributed by atoms with Crippen LogP contribution in [0.5, 0.6) is 0 Å². The van der Waals surface area contributed by atoms with Crippen LogP contribution in [0.4, 0.5) is 0 Å². The number of benzene rings is 7. The van der Waals surface area contributed by atoms with Crippen LogP contribution in [0.3, 0.4) is 0 Å². The lowest BCUT2D eigenvalue weighted by Crippen LogP contribution is -2.14. The molecule has 0 atom stereocenters. The van der Waals surface area contributed by atoms with E-state index in [0.29, 0.717) is 17.5 Å². The molecule has 0 N–H and O–H groups in total. The van der Waals surface area contributed by atoms with Crippen molar-refractivity contribution in [1.82, 2.24) is 19.5 Å². The lowest BCUT2D eigenvalue weighted by atomic mass is 9.82. The van der Waals surface area contributed by atoms with Crippen LogP contribution in [0, 0.1) is 0 Å². The van der Waals surface area contributed by atoms with E-state index in [-0.39, 0.29) is 5.41 Å². The largest absolute Gasteiger partial charge is 0.309 e. The minimum Gasteiger partial charge on any atom is -0.309 e. The first-order chi connectivity index (χ1) is 24.5.